The number of rotatable bonds is 1. The normalized spacial score (nSPS) is 21.5. The quantitative estimate of drug-likeness (QED) is 0.812. The molecular formula is C19H22N2O2. The molecule has 0 saturated carbocycles. The number of hydrogen-bond acceptors (Lipinski definition) is 2. The van der Waals surface area contributed by atoms with Gasteiger partial charge in [0.15, 0.2) is 0 Å². The van der Waals surface area contributed by atoms with Gasteiger partial charge in [0.05, 0.1) is 0 Å². The van der Waals surface area contributed by atoms with Gasteiger partial charge in [-0.15, -0.1) is 0 Å². The van der Waals surface area contributed by atoms with Crippen LogP contribution in [0.25, 0.3) is 10.8 Å². The van der Waals surface area contributed by atoms with Crippen LogP contribution < -0.4 is 0 Å². The van der Waals surface area contributed by atoms with E-state index in [9.17, 15) is 9.59 Å². The minimum Gasteiger partial charge on any atom is -0.336 e. The summed E-state index contributed by atoms with van der Waals surface area (Å²) < 4.78 is 0. The van der Waals surface area contributed by atoms with E-state index >= 15 is 0 Å². The fourth-order valence-corrected chi connectivity index (χ4v) is 3.34. The first kappa shape index (κ1) is 15.5. The van der Waals surface area contributed by atoms with Crippen molar-refractivity contribution in [3.63, 3.8) is 0 Å². The number of nitrogens with zero attached hydrogens (tertiary/aromatic N) is 2. The zero-order chi connectivity index (χ0) is 16.6. The molecule has 1 heterocycles. The van der Waals surface area contributed by atoms with Gasteiger partial charge in [-0.2, -0.15) is 0 Å². The third-order valence-electron chi connectivity index (χ3n) is 4.65. The van der Waals surface area contributed by atoms with Crippen LogP contribution in [-0.2, 0) is 4.79 Å². The summed E-state index contributed by atoms with van der Waals surface area (Å²) in [5, 5.41) is 2.20. The molecule has 0 unspecified atom stereocenters. The monoisotopic (exact) mass is 310 g/mol. The number of fused-ring (bicyclic) bond motifs is 1. The number of carbonyl (C=O) groups excluding carboxylic acids is 2. The summed E-state index contributed by atoms with van der Waals surface area (Å²) in [4.78, 5) is 28.3. The Morgan fingerprint density at radius 1 is 0.913 bits per heavy atom. The third-order valence-corrected chi connectivity index (χ3v) is 4.65. The highest BCUT2D eigenvalue weighted by Gasteiger charge is 2.33. The molecule has 4 nitrogen and oxygen atoms in total. The van der Waals surface area contributed by atoms with Gasteiger partial charge in [-0.05, 0) is 36.8 Å². The second-order valence-corrected chi connectivity index (χ2v) is 6.39. The van der Waals surface area contributed by atoms with Crippen molar-refractivity contribution >= 4 is 22.6 Å². The van der Waals surface area contributed by atoms with Crippen LogP contribution in [0.2, 0.25) is 0 Å². The Kier molecular flexibility index (Phi) is 4.07. The molecule has 1 fully saturated rings. The molecule has 0 radical (unpaired) electrons. The average molecular weight is 310 g/mol. The minimum atomic E-state index is 0.0223. The van der Waals surface area contributed by atoms with E-state index in [0.29, 0.717) is 18.7 Å². The van der Waals surface area contributed by atoms with Gasteiger partial charge in [-0.25, -0.2) is 0 Å². The van der Waals surface area contributed by atoms with Gasteiger partial charge in [-0.1, -0.05) is 30.3 Å². The number of hydrogen-bond donors (Lipinski definition) is 0. The fourth-order valence-electron chi connectivity index (χ4n) is 3.34. The van der Waals surface area contributed by atoms with Crippen molar-refractivity contribution in [3.05, 3.63) is 48.0 Å². The lowest BCUT2D eigenvalue weighted by atomic mass is 10.0. The standard InChI is InChI=1S/C19H22N2O2/c1-13-12-21(14(2)11-20(13)15(3)22)19(23)18-9-8-16-6-4-5-7-17(16)10-18/h4-10,13-14H,11-12H2,1-3H3/t13-,14+/m0/s1. The zero-order valence-corrected chi connectivity index (χ0v) is 13.8. The Labute approximate surface area is 136 Å². The summed E-state index contributed by atoms with van der Waals surface area (Å²) in [5.74, 6) is 0.112. The lowest BCUT2D eigenvalue weighted by molar-refractivity contribution is -0.134. The first-order valence-corrected chi connectivity index (χ1v) is 8.04. The molecule has 2 aromatic carbocycles. The fraction of sp³-hybridized carbons (Fsp3) is 0.368. The van der Waals surface area contributed by atoms with Gasteiger partial charge in [0.1, 0.15) is 0 Å². The van der Waals surface area contributed by atoms with E-state index in [1.54, 1.807) is 6.92 Å². The van der Waals surface area contributed by atoms with E-state index in [0.717, 1.165) is 10.8 Å². The molecule has 0 bridgehead atoms. The molecule has 23 heavy (non-hydrogen) atoms. The van der Waals surface area contributed by atoms with Crippen LogP contribution in [0.4, 0.5) is 0 Å². The summed E-state index contributed by atoms with van der Waals surface area (Å²) in [7, 11) is 0. The zero-order valence-electron chi connectivity index (χ0n) is 13.8. The Morgan fingerprint density at radius 2 is 1.52 bits per heavy atom. The number of piperazine rings is 1. The summed E-state index contributed by atoms with van der Waals surface area (Å²) >= 11 is 0. The van der Waals surface area contributed by atoms with Crippen LogP contribution in [0.1, 0.15) is 31.1 Å². The molecule has 0 N–H and O–H groups in total. The van der Waals surface area contributed by atoms with Crippen molar-refractivity contribution in [1.29, 1.82) is 0 Å². The van der Waals surface area contributed by atoms with E-state index in [4.69, 9.17) is 0 Å². The Bertz CT molecular complexity index is 756. The molecule has 2 aromatic rings. The minimum absolute atomic E-state index is 0.0223. The molecule has 0 spiro atoms. The molecule has 0 aromatic heterocycles. The molecule has 4 heteroatoms. The Balaban J connectivity index is 1.85. The molecular weight excluding hydrogens is 288 g/mol. The van der Waals surface area contributed by atoms with Gasteiger partial charge < -0.3 is 9.80 Å². The van der Waals surface area contributed by atoms with E-state index in [-0.39, 0.29) is 23.9 Å². The van der Waals surface area contributed by atoms with E-state index in [1.165, 1.54) is 0 Å². The van der Waals surface area contributed by atoms with Crippen molar-refractivity contribution in [2.45, 2.75) is 32.9 Å². The van der Waals surface area contributed by atoms with E-state index < -0.39 is 0 Å². The lowest BCUT2D eigenvalue weighted by Crippen LogP contribution is -2.59. The van der Waals surface area contributed by atoms with Crippen molar-refractivity contribution in [2.75, 3.05) is 13.1 Å². The molecule has 1 aliphatic rings. The molecule has 1 saturated heterocycles. The first-order valence-electron chi connectivity index (χ1n) is 8.04. The Morgan fingerprint density at radius 3 is 2.22 bits per heavy atom. The average Bonchev–Trinajstić information content (AvgIpc) is 2.55. The molecule has 1 aliphatic heterocycles. The lowest BCUT2D eigenvalue weighted by Gasteiger charge is -2.43. The van der Waals surface area contributed by atoms with Gasteiger partial charge >= 0.3 is 0 Å². The number of benzene rings is 2. The second kappa shape index (κ2) is 6.03. The van der Waals surface area contributed by atoms with Crippen LogP contribution in [0, 0.1) is 0 Å². The number of amides is 2. The van der Waals surface area contributed by atoms with Gasteiger partial charge in [-0.3, -0.25) is 9.59 Å². The van der Waals surface area contributed by atoms with E-state index in [1.807, 2.05) is 66.1 Å². The highest BCUT2D eigenvalue weighted by Crippen LogP contribution is 2.21. The van der Waals surface area contributed by atoms with Crippen LogP contribution >= 0.6 is 0 Å². The number of carbonyl (C=O) groups is 2. The highest BCUT2D eigenvalue weighted by atomic mass is 16.2. The van der Waals surface area contributed by atoms with E-state index in [2.05, 4.69) is 0 Å². The van der Waals surface area contributed by atoms with Crippen molar-refractivity contribution < 1.29 is 9.59 Å². The highest BCUT2D eigenvalue weighted by molar-refractivity contribution is 5.98. The Hall–Kier alpha value is -2.36. The maximum Gasteiger partial charge on any atom is 0.254 e. The van der Waals surface area contributed by atoms with Gasteiger partial charge in [0.25, 0.3) is 5.91 Å². The van der Waals surface area contributed by atoms with Gasteiger partial charge in [0, 0.05) is 37.7 Å². The van der Waals surface area contributed by atoms with Crippen LogP contribution in [0.15, 0.2) is 42.5 Å². The second-order valence-electron chi connectivity index (χ2n) is 6.39. The maximum atomic E-state index is 12.9. The topological polar surface area (TPSA) is 40.6 Å². The molecule has 2 amide bonds. The van der Waals surface area contributed by atoms with Gasteiger partial charge in [0.2, 0.25) is 5.91 Å². The SMILES string of the molecule is CC(=O)N1C[C@@H](C)N(C(=O)c2ccc3ccccc3c2)C[C@@H]1C. The van der Waals surface area contributed by atoms with Crippen molar-refractivity contribution in [1.82, 2.24) is 9.80 Å². The molecule has 120 valence electrons. The molecule has 0 aliphatic carbocycles. The van der Waals surface area contributed by atoms with Crippen molar-refractivity contribution in [3.8, 4) is 0 Å². The molecule has 2 atom stereocenters. The maximum absolute atomic E-state index is 12.9. The smallest absolute Gasteiger partial charge is 0.254 e. The van der Waals surface area contributed by atoms with Crippen LogP contribution in [0.3, 0.4) is 0 Å². The first-order chi connectivity index (χ1) is 11.0. The third kappa shape index (κ3) is 2.93. The molecule has 3 rings (SSSR count). The van der Waals surface area contributed by atoms with Crippen LogP contribution in [-0.4, -0.2) is 46.8 Å². The largest absolute Gasteiger partial charge is 0.336 e. The predicted molar refractivity (Wildman–Crippen MR) is 91.3 cm³/mol. The predicted octanol–water partition coefficient (Wildman–Crippen LogP) is 2.92. The van der Waals surface area contributed by atoms with Crippen molar-refractivity contribution in [2.24, 2.45) is 0 Å². The summed E-state index contributed by atoms with van der Waals surface area (Å²) in [5.41, 5.74) is 0.707. The van der Waals surface area contributed by atoms with Crippen LogP contribution in [0.5, 0.6) is 0 Å². The summed E-state index contributed by atoms with van der Waals surface area (Å²) in [6, 6.07) is 13.9. The summed E-state index contributed by atoms with van der Waals surface area (Å²) in [6.07, 6.45) is 0. The summed E-state index contributed by atoms with van der Waals surface area (Å²) in [6.45, 7) is 6.75.